The lowest BCUT2D eigenvalue weighted by Gasteiger charge is -2.22. The zero-order valence-corrected chi connectivity index (χ0v) is 57.6. The fourth-order valence-electron chi connectivity index (χ4n) is 8.13. The number of esters is 1. The third-order valence-electron chi connectivity index (χ3n) is 13.4. The maximum atomic E-state index is 11.9. The van der Waals surface area contributed by atoms with Crippen LogP contribution in [-0.4, -0.2) is 153 Å². The molecule has 0 aliphatic heterocycles. The molecule has 0 atom stereocenters. The number of nitro groups is 1. The Labute approximate surface area is 577 Å². The summed E-state index contributed by atoms with van der Waals surface area (Å²) < 4.78 is 5.17. The van der Waals surface area contributed by atoms with Crippen LogP contribution in [-0.2, 0) is 9.59 Å². The van der Waals surface area contributed by atoms with Crippen molar-refractivity contribution in [2.75, 3.05) is 85.1 Å². The minimum absolute atomic E-state index is 0. The van der Waals surface area contributed by atoms with Crippen LogP contribution >= 0.6 is 0 Å². The van der Waals surface area contributed by atoms with E-state index in [2.05, 4.69) is 77.8 Å². The van der Waals surface area contributed by atoms with Crippen LogP contribution in [0.4, 0.5) is 5.69 Å². The minimum Gasteiger partial charge on any atom is -0.437 e. The van der Waals surface area contributed by atoms with Crippen LogP contribution in [0.25, 0.3) is 0 Å². The standard InChI is InChI=1S/C18H29BN2O5.C11H26BNO.C10H25BN2O.C10H21NO.C10H23N.C3H9N.C2H8N2.7CH4/c1-3-4-5-6-7-14-20(19(2)23)15-8-9-18(22)26-17-12-10-16(11-13-17)21(24)25;1-4-6-7-8-9-11-13(10-5-2)12(3)14;1-3-4-5-6-7-9-13(10-8-12)11(2)14;1-3-5-6-7-8-10(12)11-9-4-2;1-3-5-6-7-8-10-11-9-4-2;1-2-3-4;3-1-2-4;;;;;;;/h10-13,23H,3-9,14-15H2,1-2H3;14H,4-11H2,1-3H3;14H,3-10,12H2,1-2H3;3-9H2,1-2H3,(H,11,12);11H,3-10H2,1-2H3;2-4H2,1H3;1-4H2;7*1H4. The van der Waals surface area contributed by atoms with Gasteiger partial charge >= 0.3 is 27.1 Å². The van der Waals surface area contributed by atoms with Gasteiger partial charge in [-0.3, -0.25) is 19.7 Å². The van der Waals surface area contributed by atoms with Crippen molar-refractivity contribution in [1.29, 1.82) is 0 Å². The Kier molecular flexibility index (Phi) is 132. The van der Waals surface area contributed by atoms with Gasteiger partial charge in [0.05, 0.1) is 4.92 Å². The predicted octanol–water partition coefficient (Wildman–Crippen LogP) is 16.9. The predicted molar refractivity (Wildman–Crippen MR) is 418 cm³/mol. The highest BCUT2D eigenvalue weighted by Crippen LogP contribution is 2.18. The zero-order chi connectivity index (χ0) is 65.4. The largest absolute Gasteiger partial charge is 0.437 e. The molecule has 0 bridgehead atoms. The molecule has 1 amide bonds. The molecule has 1 aromatic carbocycles. The van der Waals surface area contributed by atoms with E-state index in [0.717, 1.165) is 84.3 Å². The Morgan fingerprint density at radius 1 is 0.424 bits per heavy atom. The lowest BCUT2D eigenvalue weighted by Crippen LogP contribution is -2.41. The van der Waals surface area contributed by atoms with E-state index < -0.39 is 12.0 Å². The van der Waals surface area contributed by atoms with Crippen LogP contribution in [0, 0.1) is 10.1 Å². The molecule has 0 aliphatic carbocycles. The molecule has 0 heterocycles. The number of nitro benzene ring substituents is 1. The Morgan fingerprint density at radius 2 is 0.772 bits per heavy atom. The van der Waals surface area contributed by atoms with Crippen molar-refractivity contribution in [2.45, 2.75) is 334 Å². The lowest BCUT2D eigenvalue weighted by molar-refractivity contribution is -0.384. The molecule has 560 valence electrons. The van der Waals surface area contributed by atoms with Gasteiger partial charge in [0, 0.05) is 57.7 Å². The van der Waals surface area contributed by atoms with Crippen molar-refractivity contribution in [3.63, 3.8) is 0 Å². The maximum Gasteiger partial charge on any atom is 0.376 e. The summed E-state index contributed by atoms with van der Waals surface area (Å²) in [5.74, 6) is 0.129. The first-order chi connectivity index (χ1) is 40.9. The van der Waals surface area contributed by atoms with Crippen LogP contribution in [0.1, 0.15) is 313 Å². The summed E-state index contributed by atoms with van der Waals surface area (Å²) in [6.45, 7) is 36.1. The van der Waals surface area contributed by atoms with Crippen LogP contribution in [0.5, 0.6) is 5.75 Å². The van der Waals surface area contributed by atoms with E-state index in [4.69, 9.17) is 27.7 Å². The molecule has 18 nitrogen and oxygen atoms in total. The molecule has 1 rings (SSSR count). The van der Waals surface area contributed by atoms with E-state index in [9.17, 15) is 34.8 Å². The number of non-ortho nitro benzene ring substituents is 1. The topological polar surface area (TPSA) is 285 Å². The summed E-state index contributed by atoms with van der Waals surface area (Å²) in [4.78, 5) is 39.2. The van der Waals surface area contributed by atoms with Crippen molar-refractivity contribution in [3.8, 4) is 5.75 Å². The highest BCUT2D eigenvalue weighted by atomic mass is 16.6. The van der Waals surface area contributed by atoms with Gasteiger partial charge in [-0.25, -0.2) is 0 Å². The first kappa shape index (κ1) is 120. The Morgan fingerprint density at radius 3 is 1.10 bits per heavy atom. The summed E-state index contributed by atoms with van der Waals surface area (Å²) in [6.07, 6.45) is 36.4. The van der Waals surface area contributed by atoms with Crippen molar-refractivity contribution in [2.24, 2.45) is 22.9 Å². The molecule has 1 aromatic rings. The normalized spacial score (nSPS) is 9.54. The van der Waals surface area contributed by atoms with Gasteiger partial charge in [0.15, 0.2) is 0 Å². The molecule has 0 radical (unpaired) electrons. The number of amides is 1. The Hall–Kier alpha value is -2.69. The van der Waals surface area contributed by atoms with Gasteiger partial charge in [-0.15, -0.1) is 0 Å². The van der Waals surface area contributed by atoms with Crippen molar-refractivity contribution in [3.05, 3.63) is 34.4 Å². The first-order valence-electron chi connectivity index (χ1n) is 34.4. The monoisotopic (exact) mass is 1320 g/mol. The van der Waals surface area contributed by atoms with Gasteiger partial charge in [-0.05, 0) is 149 Å². The highest BCUT2D eigenvalue weighted by molar-refractivity contribution is 6.45. The lowest BCUT2D eigenvalue weighted by atomic mass is 9.84. The quantitative estimate of drug-likeness (QED) is 0.00732. The summed E-state index contributed by atoms with van der Waals surface area (Å²) in [5.41, 5.74) is 20.3. The van der Waals surface area contributed by atoms with Crippen LogP contribution in [0.3, 0.4) is 0 Å². The Bertz CT molecular complexity index is 1410. The van der Waals surface area contributed by atoms with Crippen LogP contribution in [0.2, 0.25) is 20.5 Å². The SMILES string of the molecule is C.C.C.C.C.C.C.CCCCCCC(=O)NCCC.CCCCCCCN(CCC)B(C)O.CCCCCCCN(CCCC(=O)Oc1ccc([N+](=O)[O-])cc1)B(C)O.CCCCCCCN(CCN)B(C)O.CCCCCCCNCCC.CCCN.NCCN. The molecule has 0 unspecified atom stereocenters. The zero-order valence-electron chi connectivity index (χ0n) is 57.6. The first-order valence-corrected chi connectivity index (χ1v) is 34.4. The van der Waals surface area contributed by atoms with Gasteiger partial charge in [0.1, 0.15) is 5.75 Å². The molecule has 0 aromatic heterocycles. The third-order valence-corrected chi connectivity index (χ3v) is 13.4. The average Bonchev–Trinajstić information content (AvgIpc) is 3.62. The van der Waals surface area contributed by atoms with E-state index in [1.807, 2.05) is 23.3 Å². The van der Waals surface area contributed by atoms with Gasteiger partial charge in [-0.2, -0.15) is 0 Å². The molecule has 92 heavy (non-hydrogen) atoms. The second kappa shape index (κ2) is 102. The van der Waals surface area contributed by atoms with Gasteiger partial charge in [-0.1, -0.05) is 236 Å². The number of carbonyl (C=O) groups is 2. The molecule has 0 saturated carbocycles. The molecular formula is C71H169B3N10O8. The van der Waals surface area contributed by atoms with E-state index in [1.165, 1.54) is 179 Å². The average molecular weight is 1320 g/mol. The number of rotatable bonds is 48. The van der Waals surface area contributed by atoms with Gasteiger partial charge < -0.3 is 67.8 Å². The van der Waals surface area contributed by atoms with E-state index in [1.54, 1.807) is 6.82 Å². The molecule has 0 fully saturated rings. The van der Waals surface area contributed by atoms with E-state index >= 15 is 0 Å². The fourth-order valence-corrected chi connectivity index (χ4v) is 8.13. The van der Waals surface area contributed by atoms with Crippen LogP contribution < -0.4 is 38.3 Å². The molecule has 0 saturated heterocycles. The molecule has 0 spiro atoms. The van der Waals surface area contributed by atoms with E-state index in [0.29, 0.717) is 44.8 Å². The number of nitrogens with two attached hydrogens (primary N) is 4. The van der Waals surface area contributed by atoms with Crippen LogP contribution in [0.15, 0.2) is 24.3 Å². The minimum atomic E-state index is -0.535. The Balaban J connectivity index is -0.0000000759. The van der Waals surface area contributed by atoms with Crippen molar-refractivity contribution in [1.82, 2.24) is 25.1 Å². The number of ether oxygens (including phenoxy) is 1. The number of hydrogen-bond donors (Lipinski definition) is 9. The summed E-state index contributed by atoms with van der Waals surface area (Å²) in [5, 5.41) is 45.6. The number of carbonyl (C=O) groups excluding carboxylic acids is 2. The van der Waals surface area contributed by atoms with Crippen molar-refractivity contribution >= 4 is 38.7 Å². The number of hydrogen-bond acceptors (Lipinski definition) is 16. The number of nitrogens with one attached hydrogen (secondary N) is 2. The molecule has 21 heteroatoms. The van der Waals surface area contributed by atoms with Gasteiger partial charge in [0.25, 0.3) is 5.69 Å². The maximum absolute atomic E-state index is 11.9. The smallest absolute Gasteiger partial charge is 0.376 e. The van der Waals surface area contributed by atoms with Gasteiger partial charge in [0.2, 0.25) is 5.91 Å². The summed E-state index contributed by atoms with van der Waals surface area (Å²) in [7, 11) is -1.17. The number of nitrogens with zero attached hydrogens (tertiary/aromatic N) is 4. The summed E-state index contributed by atoms with van der Waals surface area (Å²) in [6, 6.07) is 5.43. The van der Waals surface area contributed by atoms with Crippen molar-refractivity contribution < 1.29 is 34.3 Å². The van der Waals surface area contributed by atoms with E-state index in [-0.39, 0.29) is 90.1 Å². The molecule has 0 aliphatic rings. The fraction of sp³-hybridized carbons (Fsp3) is 0.887. The number of benzene rings is 1. The second-order valence-corrected chi connectivity index (χ2v) is 22.1. The second-order valence-electron chi connectivity index (χ2n) is 22.1. The molecule has 13 N–H and O–H groups in total. The summed E-state index contributed by atoms with van der Waals surface area (Å²) >= 11 is 0. The number of unbranched alkanes of at least 4 members (excludes halogenated alkanes) is 19. The molecular weight excluding hydrogens is 1150 g/mol. The third kappa shape index (κ3) is 101. The highest BCUT2D eigenvalue weighted by Gasteiger charge is 2.17.